The first-order chi connectivity index (χ1) is 15.1. The van der Waals surface area contributed by atoms with Crippen molar-refractivity contribution in [3.8, 4) is 0 Å². The molecule has 0 bridgehead atoms. The fourth-order valence-electron chi connectivity index (χ4n) is 3.42. The number of carbonyl (C=O) groups excluding carboxylic acids is 2. The quantitative estimate of drug-likeness (QED) is 0.481. The lowest BCUT2D eigenvalue weighted by atomic mass is 10.1. The van der Waals surface area contributed by atoms with E-state index in [9.17, 15) is 9.59 Å². The zero-order valence-corrected chi connectivity index (χ0v) is 18.5. The van der Waals surface area contributed by atoms with Crippen molar-refractivity contribution in [1.82, 2.24) is 4.98 Å². The number of nitrogens with zero attached hydrogens (tertiary/aromatic N) is 2. The number of ether oxygens (including phenoxy) is 3. The van der Waals surface area contributed by atoms with Crippen LogP contribution in [0.5, 0.6) is 0 Å². The summed E-state index contributed by atoms with van der Waals surface area (Å²) >= 11 is 3.42. The average molecular weight is 489 g/mol. The fourth-order valence-corrected chi connectivity index (χ4v) is 3.79. The van der Waals surface area contributed by atoms with E-state index in [1.807, 2.05) is 11.0 Å². The minimum Gasteiger partial charge on any atom is -0.460 e. The van der Waals surface area contributed by atoms with E-state index in [1.54, 1.807) is 37.4 Å². The van der Waals surface area contributed by atoms with Crippen LogP contribution >= 0.6 is 15.9 Å². The molecule has 0 spiro atoms. The van der Waals surface area contributed by atoms with E-state index >= 15 is 0 Å². The van der Waals surface area contributed by atoms with Gasteiger partial charge in [-0.1, -0.05) is 15.9 Å². The summed E-state index contributed by atoms with van der Waals surface area (Å²) in [4.78, 5) is 31.7. The Morgan fingerprint density at radius 2 is 1.97 bits per heavy atom. The first-order valence-electron chi connectivity index (χ1n) is 9.91. The number of furan rings is 1. The molecule has 3 aromatic rings. The molecule has 0 atom stereocenters. The zero-order valence-electron chi connectivity index (χ0n) is 16.9. The summed E-state index contributed by atoms with van der Waals surface area (Å²) in [5.41, 5.74) is 1.32. The lowest BCUT2D eigenvalue weighted by Crippen LogP contribution is -2.37. The van der Waals surface area contributed by atoms with Crippen molar-refractivity contribution in [2.75, 3.05) is 37.8 Å². The number of anilines is 1. The molecular weight excluding hydrogens is 468 g/mol. The predicted molar refractivity (Wildman–Crippen MR) is 116 cm³/mol. The summed E-state index contributed by atoms with van der Waals surface area (Å²) < 4.78 is 22.6. The van der Waals surface area contributed by atoms with E-state index in [-0.39, 0.29) is 19.0 Å². The number of halogens is 1. The van der Waals surface area contributed by atoms with Crippen LogP contribution in [0.15, 0.2) is 45.4 Å². The maximum Gasteiger partial charge on any atom is 0.374 e. The summed E-state index contributed by atoms with van der Waals surface area (Å²) in [5, 5.41) is 0.671. The minimum atomic E-state index is -0.601. The molecule has 1 aliphatic rings. The first-order valence-corrected chi connectivity index (χ1v) is 10.7. The van der Waals surface area contributed by atoms with Crippen LogP contribution in [0.25, 0.3) is 11.0 Å². The highest BCUT2D eigenvalue weighted by molar-refractivity contribution is 9.10. The van der Waals surface area contributed by atoms with Gasteiger partial charge in [0.05, 0.1) is 25.4 Å². The Kier molecular flexibility index (Phi) is 6.53. The monoisotopic (exact) mass is 488 g/mol. The molecule has 0 N–H and O–H groups in total. The zero-order chi connectivity index (χ0) is 21.8. The van der Waals surface area contributed by atoms with E-state index in [1.165, 1.54) is 0 Å². The first kappa shape index (κ1) is 21.3. The van der Waals surface area contributed by atoms with Crippen LogP contribution in [0.1, 0.15) is 33.4 Å². The van der Waals surface area contributed by atoms with Crippen molar-refractivity contribution in [2.24, 2.45) is 0 Å². The second-order valence-electron chi connectivity index (χ2n) is 6.82. The third kappa shape index (κ3) is 4.57. The minimum absolute atomic E-state index is 0.0299. The summed E-state index contributed by atoms with van der Waals surface area (Å²) in [6, 6.07) is 8.73. The van der Waals surface area contributed by atoms with Gasteiger partial charge >= 0.3 is 11.9 Å². The SMILES string of the molecule is CCOC(=O)c1oc2ccc(Br)cc2c1COC(=O)c1cccnc1N1CCOCC1. The van der Waals surface area contributed by atoms with Gasteiger partial charge in [0.15, 0.2) is 0 Å². The van der Waals surface area contributed by atoms with Gasteiger partial charge in [-0.05, 0) is 37.3 Å². The number of carbonyl (C=O) groups is 2. The maximum atomic E-state index is 12.9. The Morgan fingerprint density at radius 1 is 1.16 bits per heavy atom. The molecule has 9 heteroatoms. The predicted octanol–water partition coefficient (Wildman–Crippen LogP) is 3.96. The van der Waals surface area contributed by atoms with Gasteiger partial charge in [0.25, 0.3) is 0 Å². The molecule has 4 rings (SSSR count). The molecule has 162 valence electrons. The topological polar surface area (TPSA) is 91.1 Å². The molecule has 31 heavy (non-hydrogen) atoms. The highest BCUT2D eigenvalue weighted by atomic mass is 79.9. The van der Waals surface area contributed by atoms with E-state index in [4.69, 9.17) is 18.6 Å². The normalized spacial score (nSPS) is 13.9. The van der Waals surface area contributed by atoms with Crippen LogP contribution in [0.2, 0.25) is 0 Å². The Hall–Kier alpha value is -2.91. The van der Waals surface area contributed by atoms with Crippen LogP contribution < -0.4 is 4.90 Å². The molecule has 8 nitrogen and oxygen atoms in total. The number of rotatable bonds is 6. The van der Waals surface area contributed by atoms with Crippen LogP contribution in [-0.2, 0) is 20.8 Å². The highest BCUT2D eigenvalue weighted by Crippen LogP contribution is 2.30. The van der Waals surface area contributed by atoms with Crippen molar-refractivity contribution in [2.45, 2.75) is 13.5 Å². The standard InChI is InChI=1S/C22H21BrN2O6/c1-2-29-22(27)19-17(16-12-14(23)5-6-18(16)31-19)13-30-21(26)15-4-3-7-24-20(15)25-8-10-28-11-9-25/h3-7,12H,2,8-11,13H2,1H3. The molecule has 0 amide bonds. The lowest BCUT2D eigenvalue weighted by Gasteiger charge is -2.28. The summed E-state index contributed by atoms with van der Waals surface area (Å²) in [7, 11) is 0. The summed E-state index contributed by atoms with van der Waals surface area (Å²) in [6.45, 7) is 4.21. The molecular formula is C22H21BrN2O6. The largest absolute Gasteiger partial charge is 0.460 e. The van der Waals surface area contributed by atoms with Gasteiger partial charge in [0.1, 0.15) is 23.6 Å². The van der Waals surface area contributed by atoms with E-state index < -0.39 is 11.9 Å². The number of hydrogen-bond donors (Lipinski definition) is 0. The molecule has 0 saturated carbocycles. The van der Waals surface area contributed by atoms with E-state index in [0.717, 1.165) is 4.47 Å². The van der Waals surface area contributed by atoms with E-state index in [0.29, 0.717) is 54.2 Å². The number of benzene rings is 1. The molecule has 1 aliphatic heterocycles. The molecule has 2 aromatic heterocycles. The molecule has 1 saturated heterocycles. The van der Waals surface area contributed by atoms with E-state index in [2.05, 4.69) is 20.9 Å². The van der Waals surface area contributed by atoms with Crippen molar-refractivity contribution in [1.29, 1.82) is 0 Å². The lowest BCUT2D eigenvalue weighted by molar-refractivity contribution is 0.0435. The Balaban J connectivity index is 1.61. The van der Waals surface area contributed by atoms with Crippen molar-refractivity contribution in [3.63, 3.8) is 0 Å². The smallest absolute Gasteiger partial charge is 0.374 e. The van der Waals surface area contributed by atoms with Crippen LogP contribution in [0, 0.1) is 0 Å². The number of hydrogen-bond acceptors (Lipinski definition) is 8. The Bertz CT molecular complexity index is 1110. The van der Waals surface area contributed by atoms with Gasteiger partial charge in [-0.15, -0.1) is 0 Å². The average Bonchev–Trinajstić information content (AvgIpc) is 3.16. The highest BCUT2D eigenvalue weighted by Gasteiger charge is 2.25. The third-order valence-corrected chi connectivity index (χ3v) is 5.37. The second kappa shape index (κ2) is 9.49. The van der Waals surface area contributed by atoms with Gasteiger partial charge in [0.2, 0.25) is 5.76 Å². The molecule has 0 aliphatic carbocycles. The number of morpholine rings is 1. The maximum absolute atomic E-state index is 12.9. The van der Waals surface area contributed by atoms with Crippen LogP contribution in [-0.4, -0.2) is 49.8 Å². The number of aromatic nitrogens is 1. The van der Waals surface area contributed by atoms with Gasteiger partial charge < -0.3 is 23.5 Å². The summed E-state index contributed by atoms with van der Waals surface area (Å²) in [6.07, 6.45) is 1.64. The van der Waals surface area contributed by atoms with Crippen LogP contribution in [0.3, 0.4) is 0 Å². The number of pyridine rings is 1. The number of esters is 2. The Morgan fingerprint density at radius 3 is 2.74 bits per heavy atom. The molecule has 1 fully saturated rings. The van der Waals surface area contributed by atoms with Gasteiger partial charge in [0, 0.05) is 29.1 Å². The fraction of sp³-hybridized carbons (Fsp3) is 0.318. The van der Waals surface area contributed by atoms with Gasteiger partial charge in [-0.25, -0.2) is 14.6 Å². The van der Waals surface area contributed by atoms with Crippen molar-refractivity contribution < 1.29 is 28.2 Å². The van der Waals surface area contributed by atoms with Crippen LogP contribution in [0.4, 0.5) is 5.82 Å². The van der Waals surface area contributed by atoms with Crippen molar-refractivity contribution in [3.05, 3.63) is 57.9 Å². The van der Waals surface area contributed by atoms with Gasteiger partial charge in [-0.3, -0.25) is 0 Å². The molecule has 0 radical (unpaired) electrons. The second-order valence-corrected chi connectivity index (χ2v) is 7.74. The van der Waals surface area contributed by atoms with Gasteiger partial charge in [-0.2, -0.15) is 0 Å². The Labute approximate surface area is 187 Å². The third-order valence-electron chi connectivity index (χ3n) is 4.88. The summed E-state index contributed by atoms with van der Waals surface area (Å²) in [5.74, 6) is -0.548. The molecule has 3 heterocycles. The molecule has 0 unspecified atom stereocenters. The van der Waals surface area contributed by atoms with Crippen molar-refractivity contribution >= 4 is 44.7 Å². The molecule has 1 aromatic carbocycles. The number of fused-ring (bicyclic) bond motifs is 1.